The zero-order chi connectivity index (χ0) is 13.5. The monoisotopic (exact) mass is 271 g/mol. The van der Waals surface area contributed by atoms with Gasteiger partial charge in [0.25, 0.3) is 0 Å². The number of benzene rings is 1. The van der Waals surface area contributed by atoms with Crippen molar-refractivity contribution in [1.29, 1.82) is 0 Å². The molecule has 1 aromatic carbocycles. The van der Waals surface area contributed by atoms with Crippen molar-refractivity contribution >= 4 is 11.6 Å². The Morgan fingerprint density at radius 3 is 2.61 bits per heavy atom. The van der Waals surface area contributed by atoms with Crippen molar-refractivity contribution in [2.24, 2.45) is 11.7 Å². The van der Waals surface area contributed by atoms with Crippen LogP contribution in [0.4, 0.5) is 0 Å². The first-order valence-corrected chi connectivity index (χ1v) is 6.65. The minimum Gasteiger partial charge on any atom is -0.493 e. The van der Waals surface area contributed by atoms with E-state index >= 15 is 0 Å². The van der Waals surface area contributed by atoms with Gasteiger partial charge in [-0.15, -0.1) is 0 Å². The van der Waals surface area contributed by atoms with E-state index in [0.717, 1.165) is 18.4 Å². The summed E-state index contributed by atoms with van der Waals surface area (Å²) < 4.78 is 11.0. The quantitative estimate of drug-likeness (QED) is 0.828. The first-order chi connectivity index (χ1) is 8.58. The van der Waals surface area contributed by atoms with E-state index in [-0.39, 0.29) is 0 Å². The largest absolute Gasteiger partial charge is 0.493 e. The molecule has 0 bridgehead atoms. The number of rotatable bonds is 7. The van der Waals surface area contributed by atoms with E-state index in [0.29, 0.717) is 35.6 Å². The maximum atomic E-state index is 6.22. The molecule has 0 aliphatic carbocycles. The topological polar surface area (TPSA) is 44.5 Å². The number of ether oxygens (including phenoxy) is 2. The molecule has 102 valence electrons. The van der Waals surface area contributed by atoms with Crippen LogP contribution in [-0.2, 0) is 6.42 Å². The van der Waals surface area contributed by atoms with Crippen molar-refractivity contribution in [2.45, 2.75) is 26.7 Å². The van der Waals surface area contributed by atoms with E-state index in [1.807, 2.05) is 12.1 Å². The Hall–Kier alpha value is -0.930. The molecule has 1 rings (SSSR count). The second-order valence-corrected chi connectivity index (χ2v) is 5.09. The molecule has 0 heterocycles. The van der Waals surface area contributed by atoms with Crippen molar-refractivity contribution in [3.05, 3.63) is 22.7 Å². The van der Waals surface area contributed by atoms with Crippen LogP contribution in [0, 0.1) is 5.92 Å². The van der Waals surface area contributed by atoms with Crippen molar-refractivity contribution in [1.82, 2.24) is 0 Å². The van der Waals surface area contributed by atoms with E-state index in [2.05, 4.69) is 13.8 Å². The fourth-order valence-electron chi connectivity index (χ4n) is 1.62. The summed E-state index contributed by atoms with van der Waals surface area (Å²) in [6.07, 6.45) is 1.77. The Labute approximate surface area is 114 Å². The van der Waals surface area contributed by atoms with Crippen LogP contribution in [-0.4, -0.2) is 20.3 Å². The summed E-state index contributed by atoms with van der Waals surface area (Å²) in [6.45, 7) is 5.55. The van der Waals surface area contributed by atoms with E-state index in [1.54, 1.807) is 7.11 Å². The summed E-state index contributed by atoms with van der Waals surface area (Å²) in [5.41, 5.74) is 6.60. The van der Waals surface area contributed by atoms with Crippen LogP contribution >= 0.6 is 11.6 Å². The third-order valence-corrected chi connectivity index (χ3v) is 2.94. The highest BCUT2D eigenvalue weighted by Gasteiger charge is 2.12. The molecule has 1 aromatic rings. The van der Waals surface area contributed by atoms with Gasteiger partial charge in [-0.2, -0.15) is 0 Å². The van der Waals surface area contributed by atoms with Crippen molar-refractivity contribution in [3.8, 4) is 11.5 Å². The van der Waals surface area contributed by atoms with Gasteiger partial charge in [-0.1, -0.05) is 25.4 Å². The highest BCUT2D eigenvalue weighted by atomic mass is 35.5. The minimum absolute atomic E-state index is 0.585. The average Bonchev–Trinajstić information content (AvgIpc) is 2.31. The molecule has 3 nitrogen and oxygen atoms in total. The van der Waals surface area contributed by atoms with Crippen LogP contribution < -0.4 is 15.2 Å². The van der Waals surface area contributed by atoms with E-state index in [1.165, 1.54) is 0 Å². The van der Waals surface area contributed by atoms with Crippen LogP contribution in [0.1, 0.15) is 25.8 Å². The van der Waals surface area contributed by atoms with E-state index < -0.39 is 0 Å². The highest BCUT2D eigenvalue weighted by molar-refractivity contribution is 6.32. The fourth-order valence-corrected chi connectivity index (χ4v) is 1.91. The van der Waals surface area contributed by atoms with Crippen LogP contribution in [0.25, 0.3) is 0 Å². The zero-order valence-electron chi connectivity index (χ0n) is 11.3. The average molecular weight is 272 g/mol. The standard InChI is InChI=1S/C14H22ClNO2/c1-10(2)5-7-18-14-12(15)8-11(4-6-16)9-13(14)17-3/h8-10H,4-7,16H2,1-3H3. The molecule has 0 saturated carbocycles. The normalized spacial score (nSPS) is 10.8. The smallest absolute Gasteiger partial charge is 0.179 e. The summed E-state index contributed by atoms with van der Waals surface area (Å²) in [5, 5.41) is 0.585. The van der Waals surface area contributed by atoms with Crippen molar-refractivity contribution in [2.75, 3.05) is 20.3 Å². The van der Waals surface area contributed by atoms with Gasteiger partial charge >= 0.3 is 0 Å². The van der Waals surface area contributed by atoms with E-state index in [9.17, 15) is 0 Å². The van der Waals surface area contributed by atoms with Crippen LogP contribution in [0.2, 0.25) is 5.02 Å². The molecule has 18 heavy (non-hydrogen) atoms. The number of hydrogen-bond donors (Lipinski definition) is 1. The molecule has 0 radical (unpaired) electrons. The maximum Gasteiger partial charge on any atom is 0.179 e. The molecular formula is C14H22ClNO2. The second-order valence-electron chi connectivity index (χ2n) is 4.68. The Morgan fingerprint density at radius 1 is 1.33 bits per heavy atom. The summed E-state index contributed by atoms with van der Waals surface area (Å²) in [4.78, 5) is 0. The Balaban J connectivity index is 2.82. The molecular weight excluding hydrogens is 250 g/mol. The predicted molar refractivity (Wildman–Crippen MR) is 75.7 cm³/mol. The van der Waals surface area contributed by atoms with Gasteiger partial charge in [0.05, 0.1) is 18.7 Å². The van der Waals surface area contributed by atoms with Gasteiger partial charge in [-0.05, 0) is 43.0 Å². The van der Waals surface area contributed by atoms with Crippen molar-refractivity contribution in [3.63, 3.8) is 0 Å². The summed E-state index contributed by atoms with van der Waals surface area (Å²) >= 11 is 6.22. The van der Waals surface area contributed by atoms with Crippen LogP contribution in [0.3, 0.4) is 0 Å². The van der Waals surface area contributed by atoms with Gasteiger partial charge in [0.15, 0.2) is 11.5 Å². The number of halogens is 1. The molecule has 0 spiro atoms. The Morgan fingerprint density at radius 2 is 2.06 bits per heavy atom. The highest BCUT2D eigenvalue weighted by Crippen LogP contribution is 2.36. The van der Waals surface area contributed by atoms with E-state index in [4.69, 9.17) is 26.8 Å². The Kier molecular flexibility index (Phi) is 6.30. The van der Waals surface area contributed by atoms with Gasteiger partial charge in [-0.3, -0.25) is 0 Å². The first-order valence-electron chi connectivity index (χ1n) is 6.27. The van der Waals surface area contributed by atoms with Crippen LogP contribution in [0.5, 0.6) is 11.5 Å². The molecule has 4 heteroatoms. The second kappa shape index (κ2) is 7.49. The minimum atomic E-state index is 0.585. The molecule has 0 aliphatic rings. The lowest BCUT2D eigenvalue weighted by atomic mass is 10.1. The zero-order valence-corrected chi connectivity index (χ0v) is 12.1. The SMILES string of the molecule is COc1cc(CCN)cc(Cl)c1OCCC(C)C. The fraction of sp³-hybridized carbons (Fsp3) is 0.571. The molecule has 0 aliphatic heterocycles. The lowest BCUT2D eigenvalue weighted by Gasteiger charge is -2.14. The third kappa shape index (κ3) is 4.39. The molecule has 0 saturated heterocycles. The Bertz CT molecular complexity index is 380. The number of hydrogen-bond acceptors (Lipinski definition) is 3. The predicted octanol–water partition coefficient (Wildman–Crippen LogP) is 3.27. The van der Waals surface area contributed by atoms with Crippen LogP contribution in [0.15, 0.2) is 12.1 Å². The molecule has 0 fully saturated rings. The summed E-state index contributed by atoms with van der Waals surface area (Å²) in [6, 6.07) is 3.82. The van der Waals surface area contributed by atoms with Crippen molar-refractivity contribution < 1.29 is 9.47 Å². The molecule has 0 unspecified atom stereocenters. The van der Waals surface area contributed by atoms with Gasteiger partial charge in [0.1, 0.15) is 0 Å². The number of nitrogens with two attached hydrogens (primary N) is 1. The molecule has 0 atom stereocenters. The molecule has 0 amide bonds. The van der Waals surface area contributed by atoms with Gasteiger partial charge in [-0.25, -0.2) is 0 Å². The van der Waals surface area contributed by atoms with Gasteiger partial charge in [0.2, 0.25) is 0 Å². The lowest BCUT2D eigenvalue weighted by Crippen LogP contribution is -2.05. The lowest BCUT2D eigenvalue weighted by molar-refractivity contribution is 0.273. The first kappa shape index (κ1) is 15.1. The molecule has 2 N–H and O–H groups in total. The summed E-state index contributed by atoms with van der Waals surface area (Å²) in [7, 11) is 1.62. The molecule has 0 aromatic heterocycles. The van der Waals surface area contributed by atoms with Gasteiger partial charge < -0.3 is 15.2 Å². The van der Waals surface area contributed by atoms with Gasteiger partial charge in [0, 0.05) is 0 Å². The summed E-state index contributed by atoms with van der Waals surface area (Å²) in [5.74, 6) is 1.90. The maximum absolute atomic E-state index is 6.22. The third-order valence-electron chi connectivity index (χ3n) is 2.66. The number of methoxy groups -OCH3 is 1.